The fraction of sp³-hybridized carbons (Fsp3) is 0.462. The van der Waals surface area contributed by atoms with Crippen LogP contribution in [0.2, 0.25) is 0 Å². The van der Waals surface area contributed by atoms with Crippen molar-refractivity contribution in [2.45, 2.75) is 26.2 Å². The molecule has 0 bridgehead atoms. The lowest BCUT2D eigenvalue weighted by Gasteiger charge is -2.11. The summed E-state index contributed by atoms with van der Waals surface area (Å²) in [7, 11) is 1.62. The summed E-state index contributed by atoms with van der Waals surface area (Å²) in [5, 5.41) is 8.63. The third kappa shape index (κ3) is 3.47. The van der Waals surface area contributed by atoms with E-state index in [0.29, 0.717) is 13.0 Å². The minimum absolute atomic E-state index is 0.397. The van der Waals surface area contributed by atoms with E-state index in [1.165, 1.54) is 0 Å². The Labute approximate surface area is 96.6 Å². The molecule has 0 spiro atoms. The quantitative estimate of drug-likeness (QED) is 0.691. The van der Waals surface area contributed by atoms with E-state index in [4.69, 9.17) is 14.7 Å². The molecule has 0 aliphatic heterocycles. The maximum absolute atomic E-state index is 8.63. The van der Waals surface area contributed by atoms with Crippen molar-refractivity contribution in [2.24, 2.45) is 0 Å². The van der Waals surface area contributed by atoms with Crippen molar-refractivity contribution >= 4 is 0 Å². The van der Waals surface area contributed by atoms with Crippen molar-refractivity contribution < 1.29 is 9.47 Å². The van der Waals surface area contributed by atoms with Gasteiger partial charge in [0.1, 0.15) is 0 Å². The molecule has 0 aliphatic carbocycles. The molecule has 0 heterocycles. The van der Waals surface area contributed by atoms with Crippen LogP contribution in [-0.4, -0.2) is 13.7 Å². The van der Waals surface area contributed by atoms with Gasteiger partial charge < -0.3 is 9.47 Å². The maximum Gasteiger partial charge on any atom is 0.161 e. The highest BCUT2D eigenvalue weighted by Gasteiger charge is 2.05. The number of unbranched alkanes of at least 4 members (excludes halogenated alkanes) is 1. The Hall–Kier alpha value is -1.69. The summed E-state index contributed by atoms with van der Waals surface area (Å²) in [6.07, 6.45) is 2.51. The second-order valence-electron chi connectivity index (χ2n) is 3.52. The van der Waals surface area contributed by atoms with E-state index in [-0.39, 0.29) is 0 Å². The molecular weight excluding hydrogens is 202 g/mol. The number of ether oxygens (including phenoxy) is 2. The number of hydrogen-bond donors (Lipinski definition) is 0. The fourth-order valence-electron chi connectivity index (χ4n) is 1.36. The number of nitrogens with zero attached hydrogens (tertiary/aromatic N) is 1. The number of hydrogen-bond acceptors (Lipinski definition) is 3. The number of methoxy groups -OCH3 is 1. The molecule has 0 amide bonds. The van der Waals surface area contributed by atoms with Crippen LogP contribution in [0.5, 0.6) is 11.5 Å². The molecule has 3 nitrogen and oxygen atoms in total. The molecule has 86 valence electrons. The first-order valence-electron chi connectivity index (χ1n) is 5.48. The average Bonchev–Trinajstić information content (AvgIpc) is 2.30. The van der Waals surface area contributed by atoms with Crippen LogP contribution in [0.1, 0.15) is 25.3 Å². The molecule has 0 saturated carbocycles. The Bertz CT molecular complexity index is 369. The zero-order chi connectivity index (χ0) is 11.8. The molecule has 0 fully saturated rings. The molecule has 0 aliphatic rings. The Morgan fingerprint density at radius 3 is 2.75 bits per heavy atom. The van der Waals surface area contributed by atoms with E-state index in [1.807, 2.05) is 18.2 Å². The van der Waals surface area contributed by atoms with Gasteiger partial charge in [-0.05, 0) is 24.1 Å². The van der Waals surface area contributed by atoms with Gasteiger partial charge in [-0.1, -0.05) is 19.4 Å². The van der Waals surface area contributed by atoms with E-state index in [1.54, 1.807) is 7.11 Å². The second kappa shape index (κ2) is 6.73. The Morgan fingerprint density at radius 1 is 1.31 bits per heavy atom. The highest BCUT2D eigenvalue weighted by atomic mass is 16.5. The summed E-state index contributed by atoms with van der Waals surface area (Å²) in [5.74, 6) is 1.45. The molecule has 1 aromatic rings. The smallest absolute Gasteiger partial charge is 0.161 e. The van der Waals surface area contributed by atoms with Crippen LogP contribution in [0.4, 0.5) is 0 Å². The first-order chi connectivity index (χ1) is 7.81. The molecule has 1 rings (SSSR count). The molecule has 0 unspecified atom stereocenters. The maximum atomic E-state index is 8.63. The predicted molar refractivity (Wildman–Crippen MR) is 62.7 cm³/mol. The predicted octanol–water partition coefficient (Wildman–Crippen LogP) is 2.94. The molecule has 0 radical (unpaired) electrons. The molecule has 1 aromatic carbocycles. The normalized spacial score (nSPS) is 9.56. The zero-order valence-corrected chi connectivity index (χ0v) is 9.82. The largest absolute Gasteiger partial charge is 0.493 e. The average molecular weight is 219 g/mol. The highest BCUT2D eigenvalue weighted by molar-refractivity contribution is 5.43. The van der Waals surface area contributed by atoms with Crippen molar-refractivity contribution in [1.82, 2.24) is 0 Å². The molecule has 16 heavy (non-hydrogen) atoms. The summed E-state index contributed by atoms with van der Waals surface area (Å²) in [4.78, 5) is 0. The van der Waals surface area contributed by atoms with Crippen LogP contribution in [-0.2, 0) is 6.42 Å². The monoisotopic (exact) mass is 219 g/mol. The highest BCUT2D eigenvalue weighted by Crippen LogP contribution is 2.28. The molecule has 0 N–H and O–H groups in total. The van der Waals surface area contributed by atoms with Gasteiger partial charge in [-0.25, -0.2) is 0 Å². The molecule has 0 atom stereocenters. The standard InChI is InChI=1S/C13H17NO2/c1-3-4-9-16-13-10-11(7-8-14)5-6-12(13)15-2/h5-6,10H,3-4,7,9H2,1-2H3. The third-order valence-electron chi connectivity index (χ3n) is 2.27. The number of benzene rings is 1. The van der Waals surface area contributed by atoms with Gasteiger partial charge in [-0.15, -0.1) is 0 Å². The zero-order valence-electron chi connectivity index (χ0n) is 9.82. The lowest BCUT2D eigenvalue weighted by atomic mass is 10.1. The Balaban J connectivity index is 2.76. The second-order valence-corrected chi connectivity index (χ2v) is 3.52. The summed E-state index contributed by atoms with van der Waals surface area (Å²) in [6.45, 7) is 2.80. The van der Waals surface area contributed by atoms with Crippen LogP contribution in [0.15, 0.2) is 18.2 Å². The minimum Gasteiger partial charge on any atom is -0.493 e. The lowest BCUT2D eigenvalue weighted by molar-refractivity contribution is 0.288. The topological polar surface area (TPSA) is 42.2 Å². The van der Waals surface area contributed by atoms with Gasteiger partial charge in [-0.2, -0.15) is 5.26 Å². The van der Waals surface area contributed by atoms with Crippen LogP contribution >= 0.6 is 0 Å². The van der Waals surface area contributed by atoms with Crippen LogP contribution in [0.25, 0.3) is 0 Å². The van der Waals surface area contributed by atoms with Gasteiger partial charge in [0.05, 0.1) is 26.2 Å². The van der Waals surface area contributed by atoms with Crippen LogP contribution in [0, 0.1) is 11.3 Å². The Kier molecular flexibility index (Phi) is 5.21. The van der Waals surface area contributed by atoms with Crippen molar-refractivity contribution in [3.05, 3.63) is 23.8 Å². The van der Waals surface area contributed by atoms with Gasteiger partial charge in [0.25, 0.3) is 0 Å². The Morgan fingerprint density at radius 2 is 2.12 bits per heavy atom. The van der Waals surface area contributed by atoms with Gasteiger partial charge in [0.2, 0.25) is 0 Å². The fourth-order valence-corrected chi connectivity index (χ4v) is 1.36. The van der Waals surface area contributed by atoms with Crippen molar-refractivity contribution in [3.8, 4) is 17.6 Å². The van der Waals surface area contributed by atoms with E-state index < -0.39 is 0 Å². The number of nitriles is 1. The van der Waals surface area contributed by atoms with Crippen LogP contribution < -0.4 is 9.47 Å². The lowest BCUT2D eigenvalue weighted by Crippen LogP contribution is -1.99. The van der Waals surface area contributed by atoms with E-state index in [0.717, 1.165) is 29.9 Å². The number of rotatable bonds is 6. The molecule has 3 heteroatoms. The SMILES string of the molecule is CCCCOc1cc(CC#N)ccc1OC. The third-order valence-corrected chi connectivity index (χ3v) is 2.27. The molecule has 0 aromatic heterocycles. The van der Waals surface area contributed by atoms with E-state index in [9.17, 15) is 0 Å². The summed E-state index contributed by atoms with van der Waals surface area (Å²) in [6, 6.07) is 7.72. The summed E-state index contributed by atoms with van der Waals surface area (Å²) < 4.78 is 10.8. The van der Waals surface area contributed by atoms with Crippen LogP contribution in [0.3, 0.4) is 0 Å². The first kappa shape index (κ1) is 12.4. The summed E-state index contributed by atoms with van der Waals surface area (Å²) in [5.41, 5.74) is 0.954. The van der Waals surface area contributed by atoms with E-state index >= 15 is 0 Å². The molecule has 0 saturated heterocycles. The van der Waals surface area contributed by atoms with E-state index in [2.05, 4.69) is 13.0 Å². The molecular formula is C13H17NO2. The van der Waals surface area contributed by atoms with Crippen molar-refractivity contribution in [2.75, 3.05) is 13.7 Å². The van der Waals surface area contributed by atoms with Gasteiger partial charge in [0, 0.05) is 0 Å². The minimum atomic E-state index is 0.397. The first-order valence-corrected chi connectivity index (χ1v) is 5.48. The van der Waals surface area contributed by atoms with Gasteiger partial charge in [0.15, 0.2) is 11.5 Å². The van der Waals surface area contributed by atoms with Crippen molar-refractivity contribution in [1.29, 1.82) is 5.26 Å². The van der Waals surface area contributed by atoms with Gasteiger partial charge >= 0.3 is 0 Å². The van der Waals surface area contributed by atoms with Crippen molar-refractivity contribution in [3.63, 3.8) is 0 Å². The van der Waals surface area contributed by atoms with Gasteiger partial charge in [-0.3, -0.25) is 0 Å². The summed E-state index contributed by atoms with van der Waals surface area (Å²) >= 11 is 0.